The van der Waals surface area contributed by atoms with Crippen LogP contribution in [0.2, 0.25) is 0 Å². The first-order valence-corrected chi connectivity index (χ1v) is 3.10. The van der Waals surface area contributed by atoms with E-state index >= 15 is 0 Å². The second kappa shape index (κ2) is 2.82. The number of hydrogen-bond acceptors (Lipinski definition) is 2. The summed E-state index contributed by atoms with van der Waals surface area (Å²) in [6.07, 6.45) is 4.10. The molecule has 1 fully saturated rings. The number of hydrogen-bond donors (Lipinski definition) is 1. The number of carbonyl (C=O) groups excluding carboxylic acids is 1. The predicted octanol–water partition coefficient (Wildman–Crippen LogP) is 0.327. The van der Waals surface area contributed by atoms with Gasteiger partial charge in [-0.2, -0.15) is 0 Å². The van der Waals surface area contributed by atoms with Crippen LogP contribution in [0.25, 0.3) is 0 Å². The first kappa shape index (κ1) is 5.76. The second-order valence-corrected chi connectivity index (χ2v) is 2.20. The van der Waals surface area contributed by atoms with Crippen LogP contribution >= 0.6 is 0 Å². The van der Waals surface area contributed by atoms with E-state index in [2.05, 4.69) is 5.32 Å². The standard InChI is InChI=1S/C6H11NO/c8-5-3-6-2-1-4-7-6/h5-7H,1-4H2/t6-/m0/s1. The summed E-state index contributed by atoms with van der Waals surface area (Å²) < 4.78 is 0. The SMILES string of the molecule is O=CC[C@@H]1CCCN1. The van der Waals surface area contributed by atoms with Crippen molar-refractivity contribution in [3.05, 3.63) is 0 Å². The van der Waals surface area contributed by atoms with Gasteiger partial charge < -0.3 is 10.1 Å². The molecule has 0 bridgehead atoms. The minimum absolute atomic E-state index is 0.493. The van der Waals surface area contributed by atoms with Gasteiger partial charge in [-0.05, 0) is 19.4 Å². The molecule has 1 saturated heterocycles. The molecule has 0 unspecified atom stereocenters. The molecule has 0 amide bonds. The van der Waals surface area contributed by atoms with E-state index < -0.39 is 0 Å². The van der Waals surface area contributed by atoms with Crippen LogP contribution in [0.5, 0.6) is 0 Å². The van der Waals surface area contributed by atoms with Crippen molar-refractivity contribution in [2.24, 2.45) is 0 Å². The van der Waals surface area contributed by atoms with Crippen LogP contribution in [0.1, 0.15) is 19.3 Å². The molecule has 0 spiro atoms. The molecule has 8 heavy (non-hydrogen) atoms. The molecular formula is C6H11NO. The summed E-state index contributed by atoms with van der Waals surface area (Å²) in [5.41, 5.74) is 0. The van der Waals surface area contributed by atoms with Crippen LogP contribution in [0, 0.1) is 0 Å². The predicted molar refractivity (Wildman–Crippen MR) is 31.7 cm³/mol. The highest BCUT2D eigenvalue weighted by atomic mass is 16.1. The van der Waals surface area contributed by atoms with Gasteiger partial charge >= 0.3 is 0 Å². The number of aldehydes is 1. The van der Waals surface area contributed by atoms with Gasteiger partial charge in [0, 0.05) is 12.5 Å². The molecule has 1 aliphatic rings. The Morgan fingerprint density at radius 3 is 3.12 bits per heavy atom. The van der Waals surface area contributed by atoms with Crippen molar-refractivity contribution >= 4 is 6.29 Å². The largest absolute Gasteiger partial charge is 0.314 e. The van der Waals surface area contributed by atoms with Gasteiger partial charge in [0.2, 0.25) is 0 Å². The fourth-order valence-electron chi connectivity index (χ4n) is 1.07. The lowest BCUT2D eigenvalue weighted by Gasteiger charge is -2.01. The highest BCUT2D eigenvalue weighted by Gasteiger charge is 2.11. The topological polar surface area (TPSA) is 29.1 Å². The average molecular weight is 113 g/mol. The maximum absolute atomic E-state index is 9.92. The van der Waals surface area contributed by atoms with Crippen LogP contribution in [-0.2, 0) is 4.79 Å². The fraction of sp³-hybridized carbons (Fsp3) is 0.833. The summed E-state index contributed by atoms with van der Waals surface area (Å²) in [5, 5.41) is 3.23. The fourth-order valence-corrected chi connectivity index (χ4v) is 1.07. The van der Waals surface area contributed by atoms with Gasteiger partial charge in [0.15, 0.2) is 0 Å². The van der Waals surface area contributed by atoms with Gasteiger partial charge in [-0.1, -0.05) is 0 Å². The third-order valence-corrected chi connectivity index (χ3v) is 1.54. The van der Waals surface area contributed by atoms with Crippen LogP contribution in [0.15, 0.2) is 0 Å². The lowest BCUT2D eigenvalue weighted by molar-refractivity contribution is -0.108. The Morgan fingerprint density at radius 2 is 2.62 bits per heavy atom. The van der Waals surface area contributed by atoms with Gasteiger partial charge in [-0.3, -0.25) is 0 Å². The molecule has 46 valence electrons. The third kappa shape index (κ3) is 1.30. The first-order chi connectivity index (χ1) is 3.93. The Bertz CT molecular complexity index is 76.6. The van der Waals surface area contributed by atoms with Crippen molar-refractivity contribution in [2.75, 3.05) is 6.54 Å². The van der Waals surface area contributed by atoms with Crippen molar-refractivity contribution in [2.45, 2.75) is 25.3 Å². The molecule has 0 saturated carbocycles. The van der Waals surface area contributed by atoms with Gasteiger partial charge in [0.05, 0.1) is 0 Å². The number of nitrogens with one attached hydrogen (secondary N) is 1. The monoisotopic (exact) mass is 113 g/mol. The Morgan fingerprint density at radius 1 is 1.75 bits per heavy atom. The van der Waals surface area contributed by atoms with E-state index in [0.29, 0.717) is 12.5 Å². The molecule has 1 rings (SSSR count). The summed E-state index contributed by atoms with van der Waals surface area (Å²) in [4.78, 5) is 9.92. The third-order valence-electron chi connectivity index (χ3n) is 1.54. The smallest absolute Gasteiger partial charge is 0.121 e. The van der Waals surface area contributed by atoms with Crippen molar-refractivity contribution in [3.8, 4) is 0 Å². The maximum atomic E-state index is 9.92. The summed E-state index contributed by atoms with van der Waals surface area (Å²) in [5.74, 6) is 0. The van der Waals surface area contributed by atoms with Crippen molar-refractivity contribution < 1.29 is 4.79 Å². The van der Waals surface area contributed by atoms with Gasteiger partial charge in [-0.25, -0.2) is 0 Å². The summed E-state index contributed by atoms with van der Waals surface area (Å²) in [6, 6.07) is 0.493. The van der Waals surface area contributed by atoms with Gasteiger partial charge in [0.25, 0.3) is 0 Å². The Labute approximate surface area is 49.3 Å². The van der Waals surface area contributed by atoms with Crippen LogP contribution in [0.4, 0.5) is 0 Å². The number of carbonyl (C=O) groups is 1. The molecular weight excluding hydrogens is 102 g/mol. The van der Waals surface area contributed by atoms with E-state index in [4.69, 9.17) is 0 Å². The molecule has 1 aliphatic heterocycles. The van der Waals surface area contributed by atoms with E-state index in [9.17, 15) is 4.79 Å². The van der Waals surface area contributed by atoms with Gasteiger partial charge in [-0.15, -0.1) is 0 Å². The van der Waals surface area contributed by atoms with Crippen LogP contribution < -0.4 is 5.32 Å². The molecule has 0 aromatic rings. The van der Waals surface area contributed by atoms with Crippen LogP contribution in [-0.4, -0.2) is 18.9 Å². The summed E-state index contributed by atoms with van der Waals surface area (Å²) >= 11 is 0. The van der Waals surface area contributed by atoms with E-state index in [1.54, 1.807) is 0 Å². The molecule has 1 heterocycles. The molecule has 0 aliphatic carbocycles. The van der Waals surface area contributed by atoms with E-state index in [1.165, 1.54) is 12.8 Å². The summed E-state index contributed by atoms with van der Waals surface area (Å²) in [7, 11) is 0. The average Bonchev–Trinajstić information content (AvgIpc) is 2.19. The number of rotatable bonds is 2. The van der Waals surface area contributed by atoms with Crippen molar-refractivity contribution in [3.63, 3.8) is 0 Å². The lowest BCUT2D eigenvalue weighted by Crippen LogP contribution is -2.21. The highest BCUT2D eigenvalue weighted by Crippen LogP contribution is 2.05. The minimum atomic E-state index is 0.493. The van der Waals surface area contributed by atoms with Gasteiger partial charge in [0.1, 0.15) is 6.29 Å². The zero-order chi connectivity index (χ0) is 5.82. The Kier molecular flexibility index (Phi) is 2.03. The first-order valence-electron chi connectivity index (χ1n) is 3.10. The van der Waals surface area contributed by atoms with Crippen LogP contribution in [0.3, 0.4) is 0 Å². The molecule has 2 heteroatoms. The highest BCUT2D eigenvalue weighted by molar-refractivity contribution is 5.50. The Balaban J connectivity index is 2.14. The zero-order valence-electron chi connectivity index (χ0n) is 4.89. The lowest BCUT2D eigenvalue weighted by atomic mass is 10.2. The van der Waals surface area contributed by atoms with E-state index in [-0.39, 0.29) is 0 Å². The van der Waals surface area contributed by atoms with Crippen molar-refractivity contribution in [1.82, 2.24) is 5.32 Å². The van der Waals surface area contributed by atoms with E-state index in [0.717, 1.165) is 12.8 Å². The Hall–Kier alpha value is -0.370. The molecule has 1 atom stereocenters. The molecule has 1 N–H and O–H groups in total. The zero-order valence-corrected chi connectivity index (χ0v) is 4.89. The second-order valence-electron chi connectivity index (χ2n) is 2.20. The molecule has 0 aromatic carbocycles. The normalized spacial score (nSPS) is 28.2. The van der Waals surface area contributed by atoms with E-state index in [1.807, 2.05) is 0 Å². The van der Waals surface area contributed by atoms with Crippen molar-refractivity contribution in [1.29, 1.82) is 0 Å². The quantitative estimate of drug-likeness (QED) is 0.523. The maximum Gasteiger partial charge on any atom is 0.121 e. The molecule has 0 radical (unpaired) electrons. The molecule has 0 aromatic heterocycles. The molecule has 2 nitrogen and oxygen atoms in total. The summed E-state index contributed by atoms with van der Waals surface area (Å²) in [6.45, 7) is 1.10. The minimum Gasteiger partial charge on any atom is -0.314 e.